The number of hydrogen-bond acceptors (Lipinski definition) is 4. The molecule has 0 aliphatic heterocycles. The summed E-state index contributed by atoms with van der Waals surface area (Å²) >= 11 is 0. The standard InChI is InChI=1S/C27H21F6NO3/c1-14-20(26(35)36-2)8-15(12-34-14)18-4-3-5-19(18)21-9-16(27(31,32)33)6-7-25(21)37-13-22-23(29)10-17(28)11-24(22)30/h6-12H,3-5,13H2,1-2H3. The van der Waals surface area contributed by atoms with Crippen LogP contribution in [0.2, 0.25) is 0 Å². The normalized spacial score (nSPS) is 13.7. The third kappa shape index (κ3) is 5.47. The van der Waals surface area contributed by atoms with Gasteiger partial charge in [-0.1, -0.05) is 0 Å². The van der Waals surface area contributed by atoms with E-state index in [-0.39, 0.29) is 16.9 Å². The Balaban J connectivity index is 1.81. The molecule has 0 radical (unpaired) electrons. The minimum Gasteiger partial charge on any atom is -0.488 e. The SMILES string of the molecule is COC(=O)c1cc(C2=C(c3cc(C(F)(F)F)ccc3OCc3c(F)cc(F)cc3F)CCC2)cnc1C. The van der Waals surface area contributed by atoms with Crippen LogP contribution in [0.4, 0.5) is 26.3 Å². The summed E-state index contributed by atoms with van der Waals surface area (Å²) in [7, 11) is 1.23. The van der Waals surface area contributed by atoms with Crippen LogP contribution in [0.1, 0.15) is 57.6 Å². The summed E-state index contributed by atoms with van der Waals surface area (Å²) in [6.45, 7) is 0.962. The van der Waals surface area contributed by atoms with Gasteiger partial charge in [0, 0.05) is 23.9 Å². The van der Waals surface area contributed by atoms with E-state index in [0.717, 1.165) is 18.2 Å². The molecule has 0 unspecified atom stereocenters. The highest BCUT2D eigenvalue weighted by atomic mass is 19.4. The van der Waals surface area contributed by atoms with Crippen molar-refractivity contribution in [3.63, 3.8) is 0 Å². The van der Waals surface area contributed by atoms with Crippen LogP contribution in [0.25, 0.3) is 11.1 Å². The van der Waals surface area contributed by atoms with Crippen molar-refractivity contribution in [1.29, 1.82) is 0 Å². The van der Waals surface area contributed by atoms with Crippen molar-refractivity contribution in [2.75, 3.05) is 7.11 Å². The Labute approximate surface area is 208 Å². The second-order valence-corrected chi connectivity index (χ2v) is 8.50. The number of halogens is 6. The van der Waals surface area contributed by atoms with Crippen LogP contribution >= 0.6 is 0 Å². The van der Waals surface area contributed by atoms with Gasteiger partial charge in [-0.2, -0.15) is 13.2 Å². The molecule has 1 aromatic heterocycles. The third-order valence-electron chi connectivity index (χ3n) is 6.17. The Morgan fingerprint density at radius 3 is 2.32 bits per heavy atom. The molecule has 0 bridgehead atoms. The molecule has 0 fully saturated rings. The highest BCUT2D eigenvalue weighted by molar-refractivity contribution is 5.97. The molecule has 1 aliphatic rings. The summed E-state index contributed by atoms with van der Waals surface area (Å²) in [6.07, 6.45) is -1.61. The number of aryl methyl sites for hydroxylation is 1. The van der Waals surface area contributed by atoms with Gasteiger partial charge in [-0.15, -0.1) is 0 Å². The lowest BCUT2D eigenvalue weighted by molar-refractivity contribution is -0.137. The van der Waals surface area contributed by atoms with Gasteiger partial charge in [-0.25, -0.2) is 18.0 Å². The fourth-order valence-electron chi connectivity index (χ4n) is 4.30. The summed E-state index contributed by atoms with van der Waals surface area (Å²) in [6, 6.07) is 5.40. The van der Waals surface area contributed by atoms with E-state index in [1.165, 1.54) is 13.3 Å². The van der Waals surface area contributed by atoms with Crippen LogP contribution in [0, 0.1) is 24.4 Å². The average molecular weight is 521 g/mol. The summed E-state index contributed by atoms with van der Waals surface area (Å²) < 4.78 is 92.6. The van der Waals surface area contributed by atoms with Gasteiger partial charge in [0.25, 0.3) is 0 Å². The summed E-state index contributed by atoms with van der Waals surface area (Å²) in [5.41, 5.74) is 1.01. The van der Waals surface area contributed by atoms with Crippen molar-refractivity contribution >= 4 is 17.1 Å². The number of ether oxygens (including phenoxy) is 2. The first-order valence-corrected chi connectivity index (χ1v) is 11.2. The number of pyridine rings is 1. The maximum absolute atomic E-state index is 14.1. The highest BCUT2D eigenvalue weighted by Gasteiger charge is 2.32. The predicted molar refractivity (Wildman–Crippen MR) is 123 cm³/mol. The van der Waals surface area contributed by atoms with Crippen LogP contribution in [-0.2, 0) is 17.5 Å². The lowest BCUT2D eigenvalue weighted by atomic mass is 9.94. The van der Waals surface area contributed by atoms with Gasteiger partial charge in [-0.3, -0.25) is 4.98 Å². The topological polar surface area (TPSA) is 48.4 Å². The first-order valence-electron chi connectivity index (χ1n) is 11.2. The zero-order valence-electron chi connectivity index (χ0n) is 19.8. The van der Waals surface area contributed by atoms with E-state index < -0.39 is 47.3 Å². The fourth-order valence-corrected chi connectivity index (χ4v) is 4.30. The van der Waals surface area contributed by atoms with Crippen LogP contribution in [-0.4, -0.2) is 18.1 Å². The maximum atomic E-state index is 14.1. The minimum absolute atomic E-state index is 0.0289. The quantitative estimate of drug-likeness (QED) is 0.253. The second kappa shape index (κ2) is 10.3. The van der Waals surface area contributed by atoms with Crippen molar-refractivity contribution in [3.8, 4) is 5.75 Å². The molecule has 0 saturated heterocycles. The average Bonchev–Trinajstić information content (AvgIpc) is 3.32. The van der Waals surface area contributed by atoms with Gasteiger partial charge in [0.05, 0.1) is 29.5 Å². The Kier molecular flexibility index (Phi) is 7.29. The van der Waals surface area contributed by atoms with Crippen LogP contribution in [0.15, 0.2) is 42.6 Å². The number of rotatable bonds is 6. The number of nitrogens with zero attached hydrogens (tertiary/aromatic N) is 1. The summed E-state index contributed by atoms with van der Waals surface area (Å²) in [5, 5.41) is 0. The number of benzene rings is 2. The lowest BCUT2D eigenvalue weighted by Crippen LogP contribution is -2.08. The summed E-state index contributed by atoms with van der Waals surface area (Å²) in [4.78, 5) is 16.4. The Morgan fingerprint density at radius 1 is 1.00 bits per heavy atom. The van der Waals surface area contributed by atoms with Crippen molar-refractivity contribution < 1.29 is 40.6 Å². The molecule has 0 saturated carbocycles. The number of aromatic nitrogens is 1. The van der Waals surface area contributed by atoms with E-state index in [1.54, 1.807) is 13.0 Å². The van der Waals surface area contributed by atoms with Gasteiger partial charge in [-0.05, 0) is 67.2 Å². The predicted octanol–water partition coefficient (Wildman–Crippen LogP) is 7.29. The number of carbonyl (C=O) groups excluding carboxylic acids is 1. The third-order valence-corrected chi connectivity index (χ3v) is 6.17. The molecule has 0 N–H and O–H groups in total. The molecule has 0 atom stereocenters. The van der Waals surface area contributed by atoms with Gasteiger partial charge in [0.15, 0.2) is 0 Å². The zero-order chi connectivity index (χ0) is 26.9. The van der Waals surface area contributed by atoms with Crippen molar-refractivity contribution in [2.24, 2.45) is 0 Å². The van der Waals surface area contributed by atoms with E-state index in [1.807, 2.05) is 0 Å². The Bertz CT molecular complexity index is 1370. The minimum atomic E-state index is -4.65. The molecule has 2 aromatic carbocycles. The van der Waals surface area contributed by atoms with Gasteiger partial charge in [0.2, 0.25) is 0 Å². The number of alkyl halides is 3. The smallest absolute Gasteiger partial charge is 0.416 e. The molecule has 4 rings (SSSR count). The maximum Gasteiger partial charge on any atom is 0.416 e. The summed E-state index contributed by atoms with van der Waals surface area (Å²) in [5.74, 6) is -4.08. The number of carbonyl (C=O) groups is 1. The molecule has 194 valence electrons. The largest absolute Gasteiger partial charge is 0.488 e. The van der Waals surface area contributed by atoms with E-state index >= 15 is 0 Å². The molecular weight excluding hydrogens is 500 g/mol. The first kappa shape index (κ1) is 26.2. The Hall–Kier alpha value is -3.82. The van der Waals surface area contributed by atoms with E-state index in [0.29, 0.717) is 53.8 Å². The van der Waals surface area contributed by atoms with E-state index in [2.05, 4.69) is 4.98 Å². The number of allylic oxidation sites excluding steroid dienone is 2. The monoisotopic (exact) mass is 521 g/mol. The highest BCUT2D eigenvalue weighted by Crippen LogP contribution is 2.45. The van der Waals surface area contributed by atoms with Gasteiger partial charge >= 0.3 is 12.1 Å². The molecule has 3 aromatic rings. The van der Waals surface area contributed by atoms with E-state index in [9.17, 15) is 31.1 Å². The van der Waals surface area contributed by atoms with Gasteiger partial charge in [0.1, 0.15) is 29.8 Å². The van der Waals surface area contributed by atoms with Crippen LogP contribution in [0.3, 0.4) is 0 Å². The Morgan fingerprint density at radius 2 is 1.68 bits per heavy atom. The van der Waals surface area contributed by atoms with Crippen molar-refractivity contribution in [1.82, 2.24) is 4.98 Å². The van der Waals surface area contributed by atoms with Crippen LogP contribution < -0.4 is 4.74 Å². The molecule has 4 nitrogen and oxygen atoms in total. The number of hydrogen-bond donors (Lipinski definition) is 0. The lowest BCUT2D eigenvalue weighted by Gasteiger charge is -2.18. The molecule has 0 spiro atoms. The number of esters is 1. The molecule has 0 amide bonds. The number of methoxy groups -OCH3 is 1. The van der Waals surface area contributed by atoms with E-state index in [4.69, 9.17) is 9.47 Å². The first-order chi connectivity index (χ1) is 17.5. The van der Waals surface area contributed by atoms with Gasteiger partial charge < -0.3 is 9.47 Å². The zero-order valence-corrected chi connectivity index (χ0v) is 19.8. The fraction of sp³-hybridized carbons (Fsp3) is 0.259. The van der Waals surface area contributed by atoms with Crippen molar-refractivity contribution in [2.45, 2.75) is 39.0 Å². The molecule has 1 heterocycles. The molecule has 37 heavy (non-hydrogen) atoms. The molecular formula is C27H21F6NO3. The second-order valence-electron chi connectivity index (χ2n) is 8.50. The molecule has 1 aliphatic carbocycles. The van der Waals surface area contributed by atoms with Crippen molar-refractivity contribution in [3.05, 3.63) is 93.6 Å². The van der Waals surface area contributed by atoms with Crippen LogP contribution in [0.5, 0.6) is 5.75 Å². The molecule has 10 heteroatoms.